The molecule has 1 aromatic heterocycles. The van der Waals surface area contributed by atoms with Crippen molar-refractivity contribution in [2.24, 2.45) is 5.92 Å². The smallest absolute Gasteiger partial charge is 0.338 e. The average Bonchev–Trinajstić information content (AvgIpc) is 2.98. The lowest BCUT2D eigenvalue weighted by Crippen LogP contribution is -2.41. The number of hydrogen-bond donors (Lipinski definition) is 1. The highest BCUT2D eigenvalue weighted by Gasteiger charge is 2.22. The van der Waals surface area contributed by atoms with Gasteiger partial charge >= 0.3 is 5.97 Å². The molecule has 138 valence electrons. The van der Waals surface area contributed by atoms with Crippen LogP contribution in [-0.4, -0.2) is 46.4 Å². The van der Waals surface area contributed by atoms with Gasteiger partial charge in [0.05, 0.1) is 11.3 Å². The summed E-state index contributed by atoms with van der Waals surface area (Å²) in [5, 5.41) is 0. The van der Waals surface area contributed by atoms with Crippen LogP contribution in [-0.2, 0) is 9.53 Å². The van der Waals surface area contributed by atoms with Gasteiger partial charge in [0.1, 0.15) is 5.82 Å². The summed E-state index contributed by atoms with van der Waals surface area (Å²) in [6, 6.07) is 7.03. The molecule has 2 aromatic rings. The quantitative estimate of drug-likeness (QED) is 0.855. The van der Waals surface area contributed by atoms with Crippen LogP contribution in [0.25, 0.3) is 11.4 Å². The number of amides is 1. The van der Waals surface area contributed by atoms with E-state index >= 15 is 0 Å². The number of ether oxygens (including phenoxy) is 1. The van der Waals surface area contributed by atoms with E-state index in [0.29, 0.717) is 11.5 Å². The second-order valence-electron chi connectivity index (χ2n) is 7.04. The van der Waals surface area contributed by atoms with Gasteiger partial charge < -0.3 is 14.6 Å². The van der Waals surface area contributed by atoms with Crippen LogP contribution in [0.5, 0.6) is 0 Å². The molecule has 1 amide bonds. The Morgan fingerprint density at radius 3 is 2.62 bits per heavy atom. The van der Waals surface area contributed by atoms with Crippen molar-refractivity contribution >= 4 is 11.9 Å². The Labute approximate surface area is 153 Å². The Hall–Kier alpha value is -2.63. The van der Waals surface area contributed by atoms with Crippen LogP contribution in [0.2, 0.25) is 0 Å². The number of aromatic amines is 1. The van der Waals surface area contributed by atoms with Crippen molar-refractivity contribution in [2.45, 2.75) is 33.6 Å². The molecule has 2 heterocycles. The Kier molecular flexibility index (Phi) is 5.40. The molecule has 1 saturated heterocycles. The van der Waals surface area contributed by atoms with E-state index in [1.54, 1.807) is 17.0 Å². The number of imidazole rings is 1. The molecule has 1 aliphatic heterocycles. The summed E-state index contributed by atoms with van der Waals surface area (Å²) in [4.78, 5) is 33.8. The number of nitrogens with zero attached hydrogens (tertiary/aromatic N) is 2. The molecule has 0 saturated carbocycles. The van der Waals surface area contributed by atoms with Gasteiger partial charge in [-0.3, -0.25) is 4.79 Å². The molecule has 1 N–H and O–H groups in total. The van der Waals surface area contributed by atoms with Gasteiger partial charge in [-0.25, -0.2) is 9.78 Å². The van der Waals surface area contributed by atoms with Crippen LogP contribution < -0.4 is 0 Å². The number of likely N-dealkylation sites (tertiary alicyclic amines) is 1. The van der Waals surface area contributed by atoms with Crippen LogP contribution in [0.4, 0.5) is 0 Å². The summed E-state index contributed by atoms with van der Waals surface area (Å²) in [6.07, 6.45) is 2.15. The largest absolute Gasteiger partial charge is 0.452 e. The Balaban J connectivity index is 1.57. The second kappa shape index (κ2) is 7.72. The van der Waals surface area contributed by atoms with Gasteiger partial charge in [-0.2, -0.15) is 0 Å². The molecule has 1 unspecified atom stereocenters. The first-order valence-corrected chi connectivity index (χ1v) is 9.02. The van der Waals surface area contributed by atoms with Crippen molar-refractivity contribution in [2.75, 3.05) is 19.7 Å². The maximum Gasteiger partial charge on any atom is 0.338 e. The summed E-state index contributed by atoms with van der Waals surface area (Å²) in [6.45, 7) is 7.34. The summed E-state index contributed by atoms with van der Waals surface area (Å²) in [5.74, 6) is 0.670. The number of esters is 1. The zero-order valence-corrected chi connectivity index (χ0v) is 15.5. The lowest BCUT2D eigenvalue weighted by Gasteiger charge is -2.30. The zero-order valence-electron chi connectivity index (χ0n) is 15.5. The third-order valence-electron chi connectivity index (χ3n) is 4.86. The average molecular weight is 355 g/mol. The van der Waals surface area contributed by atoms with Gasteiger partial charge in [0, 0.05) is 24.3 Å². The van der Waals surface area contributed by atoms with Crippen LogP contribution in [0.3, 0.4) is 0 Å². The topological polar surface area (TPSA) is 75.3 Å². The first kappa shape index (κ1) is 18.2. The third kappa shape index (κ3) is 4.12. The molecule has 0 aliphatic carbocycles. The highest BCUT2D eigenvalue weighted by atomic mass is 16.5. The van der Waals surface area contributed by atoms with E-state index in [9.17, 15) is 9.59 Å². The van der Waals surface area contributed by atoms with Crippen molar-refractivity contribution in [1.29, 1.82) is 0 Å². The Morgan fingerprint density at radius 1 is 1.27 bits per heavy atom. The standard InChI is InChI=1S/C20H25N3O3/c1-13-5-4-10-23(11-13)18(24)12-26-20(25)17-8-6-16(7-9-17)19-21-14(2)15(3)22-19/h6-9,13H,4-5,10-12H2,1-3H3,(H,21,22). The number of carbonyl (C=O) groups excluding carboxylic acids is 2. The van der Waals surface area contributed by atoms with Gasteiger partial charge in [0.15, 0.2) is 6.61 Å². The third-order valence-corrected chi connectivity index (χ3v) is 4.86. The number of benzene rings is 1. The van der Waals surface area contributed by atoms with Crippen molar-refractivity contribution in [1.82, 2.24) is 14.9 Å². The fourth-order valence-corrected chi connectivity index (χ4v) is 3.17. The summed E-state index contributed by atoms with van der Waals surface area (Å²) >= 11 is 0. The monoisotopic (exact) mass is 355 g/mol. The molecular weight excluding hydrogens is 330 g/mol. The molecule has 26 heavy (non-hydrogen) atoms. The highest BCUT2D eigenvalue weighted by molar-refractivity contribution is 5.91. The first-order valence-electron chi connectivity index (χ1n) is 9.02. The first-order chi connectivity index (χ1) is 12.4. The molecule has 0 bridgehead atoms. The maximum absolute atomic E-state index is 12.2. The van der Waals surface area contributed by atoms with Gasteiger partial charge in [-0.05, 0) is 44.7 Å². The van der Waals surface area contributed by atoms with Gasteiger partial charge in [0.25, 0.3) is 5.91 Å². The van der Waals surface area contributed by atoms with E-state index in [0.717, 1.165) is 48.7 Å². The minimum Gasteiger partial charge on any atom is -0.452 e. The number of aryl methyl sites for hydroxylation is 2. The van der Waals surface area contributed by atoms with Crippen LogP contribution in [0, 0.1) is 19.8 Å². The zero-order chi connectivity index (χ0) is 18.7. The van der Waals surface area contributed by atoms with Gasteiger partial charge in [-0.1, -0.05) is 19.1 Å². The number of hydrogen-bond acceptors (Lipinski definition) is 4. The number of aromatic nitrogens is 2. The number of nitrogens with one attached hydrogen (secondary N) is 1. The SMILES string of the molecule is Cc1nc(-c2ccc(C(=O)OCC(=O)N3CCCC(C)C3)cc2)[nH]c1C. The second-order valence-corrected chi connectivity index (χ2v) is 7.04. The highest BCUT2D eigenvalue weighted by Crippen LogP contribution is 2.19. The summed E-state index contributed by atoms with van der Waals surface area (Å²) in [7, 11) is 0. The van der Waals surface area contributed by atoms with E-state index < -0.39 is 5.97 Å². The van der Waals surface area contributed by atoms with Crippen molar-refractivity contribution in [3.05, 3.63) is 41.2 Å². The fourth-order valence-electron chi connectivity index (χ4n) is 3.17. The van der Waals surface area contributed by atoms with Crippen molar-refractivity contribution < 1.29 is 14.3 Å². The number of carbonyl (C=O) groups is 2. The molecule has 1 fully saturated rings. The van der Waals surface area contributed by atoms with Crippen molar-refractivity contribution in [3.63, 3.8) is 0 Å². The lowest BCUT2D eigenvalue weighted by atomic mass is 10.0. The van der Waals surface area contributed by atoms with Crippen LogP contribution in [0.1, 0.15) is 41.5 Å². The lowest BCUT2D eigenvalue weighted by molar-refractivity contribution is -0.136. The minimum absolute atomic E-state index is 0.122. The molecule has 3 rings (SSSR count). The molecule has 1 aliphatic rings. The molecule has 0 radical (unpaired) electrons. The van der Waals surface area contributed by atoms with Crippen molar-refractivity contribution in [3.8, 4) is 11.4 Å². The molecule has 6 nitrogen and oxygen atoms in total. The fraction of sp³-hybridized carbons (Fsp3) is 0.450. The molecule has 0 spiro atoms. The predicted molar refractivity (Wildman–Crippen MR) is 98.8 cm³/mol. The Bertz CT molecular complexity index is 776. The van der Waals surface area contributed by atoms with Gasteiger partial charge in [0.2, 0.25) is 0 Å². The van der Waals surface area contributed by atoms with E-state index in [2.05, 4.69) is 16.9 Å². The van der Waals surface area contributed by atoms with Crippen LogP contribution >= 0.6 is 0 Å². The number of H-pyrrole nitrogens is 1. The van der Waals surface area contributed by atoms with Crippen LogP contribution in [0.15, 0.2) is 24.3 Å². The Morgan fingerprint density at radius 2 is 2.00 bits per heavy atom. The van der Waals surface area contributed by atoms with E-state index in [1.165, 1.54) is 0 Å². The maximum atomic E-state index is 12.2. The summed E-state index contributed by atoms with van der Waals surface area (Å²) < 4.78 is 5.19. The number of piperidine rings is 1. The normalized spacial score (nSPS) is 17.2. The van der Waals surface area contributed by atoms with E-state index in [4.69, 9.17) is 4.74 Å². The molecule has 1 atom stereocenters. The molecular formula is C20H25N3O3. The minimum atomic E-state index is -0.484. The predicted octanol–water partition coefficient (Wildman–Crippen LogP) is 3.11. The number of rotatable bonds is 4. The van der Waals surface area contributed by atoms with E-state index in [1.807, 2.05) is 26.0 Å². The molecule has 1 aromatic carbocycles. The molecule has 6 heteroatoms. The van der Waals surface area contributed by atoms with Gasteiger partial charge in [-0.15, -0.1) is 0 Å². The van der Waals surface area contributed by atoms with E-state index in [-0.39, 0.29) is 12.5 Å². The summed E-state index contributed by atoms with van der Waals surface area (Å²) in [5.41, 5.74) is 3.30.